The smallest absolute Gasteiger partial charge is 0.336 e. The summed E-state index contributed by atoms with van der Waals surface area (Å²) in [4.78, 5) is 0. The summed E-state index contributed by atoms with van der Waals surface area (Å²) in [6, 6.07) is 0. The standard InChI is InChI=1S/C5H11ClO3P.Li/c1-3-8-10(7,5-6)9-4-2;/h5H,3-4H2,1-2H3;/q-1;+1. The Bertz CT molecular complexity index is 123. The second-order valence-corrected chi connectivity index (χ2v) is 3.85. The first-order valence-electron chi connectivity index (χ1n) is 3.02. The summed E-state index contributed by atoms with van der Waals surface area (Å²) < 4.78 is 20.7. The van der Waals surface area contributed by atoms with Crippen LogP contribution in [-0.4, -0.2) is 13.2 Å². The van der Waals surface area contributed by atoms with Crippen LogP contribution in [0.4, 0.5) is 0 Å². The van der Waals surface area contributed by atoms with E-state index in [1.54, 1.807) is 13.8 Å². The van der Waals surface area contributed by atoms with Gasteiger partial charge in [-0.3, -0.25) is 4.57 Å². The zero-order valence-corrected chi connectivity index (χ0v) is 8.69. The Morgan fingerprint density at radius 2 is 1.73 bits per heavy atom. The van der Waals surface area contributed by atoms with Crippen LogP contribution in [-0.2, 0) is 13.6 Å². The fraction of sp³-hybridized carbons (Fsp3) is 0.800. The Morgan fingerprint density at radius 3 is 1.91 bits per heavy atom. The number of rotatable bonds is 5. The van der Waals surface area contributed by atoms with Gasteiger partial charge in [-0.2, -0.15) is 0 Å². The first kappa shape index (κ1) is 14.6. The van der Waals surface area contributed by atoms with Crippen molar-refractivity contribution in [3.63, 3.8) is 0 Å². The van der Waals surface area contributed by atoms with Crippen LogP contribution in [0, 0.1) is 5.62 Å². The summed E-state index contributed by atoms with van der Waals surface area (Å²) in [6.45, 7) is 4.12. The molecule has 6 heteroatoms. The molecule has 0 fully saturated rings. The van der Waals surface area contributed by atoms with Gasteiger partial charge in [0.1, 0.15) is 0 Å². The van der Waals surface area contributed by atoms with Crippen LogP contribution in [0.25, 0.3) is 0 Å². The van der Waals surface area contributed by atoms with E-state index in [0.717, 1.165) is 5.62 Å². The molecule has 0 aromatic heterocycles. The Balaban J connectivity index is 0. The van der Waals surface area contributed by atoms with Crippen molar-refractivity contribution in [2.24, 2.45) is 0 Å². The zero-order valence-electron chi connectivity index (χ0n) is 7.04. The van der Waals surface area contributed by atoms with E-state index >= 15 is 0 Å². The van der Waals surface area contributed by atoms with Gasteiger partial charge < -0.3 is 20.6 Å². The van der Waals surface area contributed by atoms with Crippen LogP contribution >= 0.6 is 19.2 Å². The Hall–Kier alpha value is 1.04. The predicted octanol–water partition coefficient (Wildman–Crippen LogP) is -0.385. The summed E-state index contributed by atoms with van der Waals surface area (Å²) in [5.74, 6) is 0. The Kier molecular flexibility index (Phi) is 10.2. The van der Waals surface area contributed by atoms with Crippen LogP contribution in [0.5, 0.6) is 0 Å². The van der Waals surface area contributed by atoms with E-state index in [9.17, 15) is 4.57 Å². The first-order valence-corrected chi connectivity index (χ1v) is 5.06. The Labute approximate surface area is 84.5 Å². The average Bonchev–Trinajstić information content (AvgIpc) is 1.89. The molecule has 0 aromatic rings. The molecule has 0 atom stereocenters. The molecule has 0 heterocycles. The SMILES string of the molecule is CCOP(=O)([CH-]Cl)OCC.[Li+]. The molecule has 0 N–H and O–H groups in total. The normalized spacial score (nSPS) is 10.8. The molecule has 0 radical (unpaired) electrons. The second kappa shape index (κ2) is 7.67. The predicted molar refractivity (Wildman–Crippen MR) is 41.0 cm³/mol. The minimum Gasteiger partial charge on any atom is -0.336 e. The van der Waals surface area contributed by atoms with E-state index in [0.29, 0.717) is 13.2 Å². The summed E-state index contributed by atoms with van der Waals surface area (Å²) in [6.07, 6.45) is 0. The molecule has 3 nitrogen and oxygen atoms in total. The maximum absolute atomic E-state index is 11.1. The number of hydrogen-bond acceptors (Lipinski definition) is 3. The maximum atomic E-state index is 11.1. The summed E-state index contributed by atoms with van der Waals surface area (Å²) in [5, 5.41) is 0. The fourth-order valence-corrected chi connectivity index (χ4v) is 1.70. The second-order valence-electron chi connectivity index (χ2n) is 1.47. The molecule has 0 saturated carbocycles. The van der Waals surface area contributed by atoms with Crippen molar-refractivity contribution in [3.05, 3.63) is 5.62 Å². The molecule has 0 aliphatic carbocycles. The third-order valence-electron chi connectivity index (χ3n) is 0.738. The molecular formula is C5H11ClLiO3P. The molecule has 0 unspecified atom stereocenters. The van der Waals surface area contributed by atoms with Gasteiger partial charge in [-0.25, -0.2) is 0 Å². The van der Waals surface area contributed by atoms with E-state index in [1.807, 2.05) is 0 Å². The monoisotopic (exact) mass is 192 g/mol. The van der Waals surface area contributed by atoms with E-state index in [1.165, 1.54) is 0 Å². The van der Waals surface area contributed by atoms with Crippen LogP contribution in [0.15, 0.2) is 0 Å². The van der Waals surface area contributed by atoms with Gasteiger partial charge in [0.25, 0.3) is 0 Å². The van der Waals surface area contributed by atoms with Crippen molar-refractivity contribution in [2.75, 3.05) is 13.2 Å². The van der Waals surface area contributed by atoms with Gasteiger partial charge in [0.15, 0.2) is 0 Å². The molecule has 0 spiro atoms. The van der Waals surface area contributed by atoms with E-state index in [2.05, 4.69) is 0 Å². The minimum absolute atomic E-state index is 0. The third kappa shape index (κ3) is 6.22. The summed E-state index contributed by atoms with van der Waals surface area (Å²) in [5.41, 5.74) is 0.944. The number of halogens is 1. The van der Waals surface area contributed by atoms with E-state index in [-0.39, 0.29) is 18.9 Å². The van der Waals surface area contributed by atoms with Gasteiger partial charge in [-0.05, 0) is 13.8 Å². The molecule has 62 valence electrons. The van der Waals surface area contributed by atoms with Crippen LogP contribution in [0.3, 0.4) is 0 Å². The average molecular weight is 193 g/mol. The number of hydrogen-bond donors (Lipinski definition) is 0. The van der Waals surface area contributed by atoms with Crippen molar-refractivity contribution < 1.29 is 32.5 Å². The van der Waals surface area contributed by atoms with Crippen molar-refractivity contribution in [2.45, 2.75) is 13.8 Å². The Morgan fingerprint density at radius 1 is 1.36 bits per heavy atom. The zero-order chi connectivity index (χ0) is 8.04. The summed E-state index contributed by atoms with van der Waals surface area (Å²) in [7, 11) is -3.06. The van der Waals surface area contributed by atoms with Crippen molar-refractivity contribution in [1.29, 1.82) is 0 Å². The largest absolute Gasteiger partial charge is 1.00 e. The molecule has 0 bridgehead atoms. The van der Waals surface area contributed by atoms with Gasteiger partial charge in [0.2, 0.25) is 7.60 Å². The van der Waals surface area contributed by atoms with Gasteiger partial charge >= 0.3 is 18.9 Å². The first-order chi connectivity index (χ1) is 4.68. The maximum Gasteiger partial charge on any atom is 1.00 e. The van der Waals surface area contributed by atoms with Gasteiger partial charge in [-0.15, -0.1) is 5.62 Å². The molecule has 0 aromatic carbocycles. The topological polar surface area (TPSA) is 35.5 Å². The molecule has 11 heavy (non-hydrogen) atoms. The van der Waals surface area contributed by atoms with Crippen molar-refractivity contribution in [1.82, 2.24) is 0 Å². The minimum atomic E-state index is -3.06. The van der Waals surface area contributed by atoms with Crippen LogP contribution < -0.4 is 18.9 Å². The van der Waals surface area contributed by atoms with Gasteiger partial charge in [0, 0.05) is 0 Å². The van der Waals surface area contributed by atoms with E-state index < -0.39 is 7.60 Å². The van der Waals surface area contributed by atoms with Crippen molar-refractivity contribution in [3.8, 4) is 0 Å². The third-order valence-corrected chi connectivity index (χ3v) is 2.93. The van der Waals surface area contributed by atoms with Gasteiger partial charge in [-0.1, -0.05) is 0 Å². The summed E-state index contributed by atoms with van der Waals surface area (Å²) >= 11 is 5.23. The van der Waals surface area contributed by atoms with Crippen molar-refractivity contribution >= 4 is 19.2 Å². The van der Waals surface area contributed by atoms with Crippen LogP contribution in [0.2, 0.25) is 0 Å². The quantitative estimate of drug-likeness (QED) is 0.338. The van der Waals surface area contributed by atoms with Gasteiger partial charge in [0.05, 0.1) is 13.2 Å². The molecule has 0 aliphatic rings. The molecule has 0 amide bonds. The van der Waals surface area contributed by atoms with Crippen LogP contribution in [0.1, 0.15) is 13.8 Å². The fourth-order valence-electron chi connectivity index (χ4n) is 0.454. The molecule has 0 saturated heterocycles. The van der Waals surface area contributed by atoms with E-state index in [4.69, 9.17) is 20.6 Å². The molecular weight excluding hydrogens is 181 g/mol. The molecule has 0 rings (SSSR count). The molecule has 0 aliphatic heterocycles.